The van der Waals surface area contributed by atoms with Crippen molar-refractivity contribution in [2.24, 2.45) is 0 Å². The molecule has 5 heteroatoms. The van der Waals surface area contributed by atoms with Gasteiger partial charge < -0.3 is 10.2 Å². The number of rotatable bonds is 6. The van der Waals surface area contributed by atoms with Crippen molar-refractivity contribution in [3.63, 3.8) is 0 Å². The molecule has 1 aliphatic rings. The monoisotopic (exact) mass is 416 g/mol. The van der Waals surface area contributed by atoms with Crippen LogP contribution in [0.4, 0.5) is 4.39 Å². The summed E-state index contributed by atoms with van der Waals surface area (Å²) in [5.74, 6) is -0.661. The van der Waals surface area contributed by atoms with Crippen molar-refractivity contribution in [3.8, 4) is 0 Å². The van der Waals surface area contributed by atoms with Gasteiger partial charge in [-0.2, -0.15) is 0 Å². The minimum Gasteiger partial charge on any atom is -0.352 e. The van der Waals surface area contributed by atoms with Crippen molar-refractivity contribution in [2.75, 3.05) is 6.54 Å². The standard InChI is InChI=1S/C26H25FN2O2/c27-23-13-7-5-11-21(23)18-28-24(30)14-15-25(31)29-17-16-19-8-4-6-12-22(19)26(29)20-9-2-1-3-10-20/h1-13,26H,14-18H2,(H,28,30)/t26-/m1/s1. The molecule has 0 saturated heterocycles. The van der Waals surface area contributed by atoms with Gasteiger partial charge in [-0.3, -0.25) is 9.59 Å². The Morgan fingerprint density at radius 1 is 0.903 bits per heavy atom. The molecule has 0 bridgehead atoms. The van der Waals surface area contributed by atoms with Crippen molar-refractivity contribution < 1.29 is 14.0 Å². The highest BCUT2D eigenvalue weighted by Crippen LogP contribution is 2.35. The number of carbonyl (C=O) groups is 2. The van der Waals surface area contributed by atoms with Gasteiger partial charge in [0.25, 0.3) is 0 Å². The SMILES string of the molecule is O=C(CCC(=O)N1CCc2ccccc2[C@H]1c1ccccc1)NCc1ccccc1F. The van der Waals surface area contributed by atoms with Gasteiger partial charge in [0.05, 0.1) is 6.04 Å². The quantitative estimate of drug-likeness (QED) is 0.648. The highest BCUT2D eigenvalue weighted by molar-refractivity contribution is 5.84. The molecule has 158 valence electrons. The second-order valence-corrected chi connectivity index (χ2v) is 7.72. The van der Waals surface area contributed by atoms with E-state index in [1.54, 1.807) is 18.2 Å². The Balaban J connectivity index is 1.42. The third kappa shape index (κ3) is 4.82. The highest BCUT2D eigenvalue weighted by Gasteiger charge is 2.31. The highest BCUT2D eigenvalue weighted by atomic mass is 19.1. The van der Waals surface area contributed by atoms with Gasteiger partial charge in [0, 0.05) is 31.5 Å². The van der Waals surface area contributed by atoms with Crippen molar-refractivity contribution in [2.45, 2.75) is 31.8 Å². The Hall–Kier alpha value is -3.47. The van der Waals surface area contributed by atoms with Gasteiger partial charge >= 0.3 is 0 Å². The molecule has 4 nitrogen and oxygen atoms in total. The lowest BCUT2D eigenvalue weighted by Crippen LogP contribution is -2.41. The summed E-state index contributed by atoms with van der Waals surface area (Å²) in [7, 11) is 0. The van der Waals surface area contributed by atoms with Crippen LogP contribution in [0.1, 0.15) is 41.1 Å². The van der Waals surface area contributed by atoms with Gasteiger partial charge in [0.2, 0.25) is 11.8 Å². The number of hydrogen-bond acceptors (Lipinski definition) is 2. The normalized spacial score (nSPS) is 15.3. The molecule has 1 N–H and O–H groups in total. The van der Waals surface area contributed by atoms with Crippen LogP contribution >= 0.6 is 0 Å². The first-order chi connectivity index (χ1) is 15.1. The molecule has 0 spiro atoms. The number of amides is 2. The summed E-state index contributed by atoms with van der Waals surface area (Å²) in [4.78, 5) is 27.2. The van der Waals surface area contributed by atoms with E-state index in [9.17, 15) is 14.0 Å². The molecule has 1 aliphatic heterocycles. The van der Waals surface area contributed by atoms with E-state index < -0.39 is 0 Å². The Morgan fingerprint density at radius 3 is 2.42 bits per heavy atom. The molecule has 0 aliphatic carbocycles. The fourth-order valence-electron chi connectivity index (χ4n) is 4.12. The molecule has 3 aromatic carbocycles. The smallest absolute Gasteiger partial charge is 0.223 e. The summed E-state index contributed by atoms with van der Waals surface area (Å²) in [6, 6.07) is 24.4. The summed E-state index contributed by atoms with van der Waals surface area (Å²) in [6.45, 7) is 0.732. The molecule has 1 heterocycles. The molecular weight excluding hydrogens is 391 g/mol. The Morgan fingerprint density at radius 2 is 1.61 bits per heavy atom. The average molecular weight is 416 g/mol. The molecule has 0 fully saturated rings. The van der Waals surface area contributed by atoms with Crippen LogP contribution < -0.4 is 5.32 Å². The predicted molar refractivity (Wildman–Crippen MR) is 118 cm³/mol. The van der Waals surface area contributed by atoms with Crippen LogP contribution in [-0.4, -0.2) is 23.3 Å². The van der Waals surface area contributed by atoms with E-state index in [2.05, 4.69) is 17.4 Å². The summed E-state index contributed by atoms with van der Waals surface area (Å²) >= 11 is 0. The Kier molecular flexibility index (Phi) is 6.41. The van der Waals surface area contributed by atoms with E-state index in [4.69, 9.17) is 0 Å². The zero-order valence-electron chi connectivity index (χ0n) is 17.3. The third-order valence-electron chi connectivity index (χ3n) is 5.72. The van der Waals surface area contributed by atoms with E-state index >= 15 is 0 Å². The zero-order chi connectivity index (χ0) is 21.6. The van der Waals surface area contributed by atoms with Gasteiger partial charge in [-0.25, -0.2) is 4.39 Å². The largest absolute Gasteiger partial charge is 0.352 e. The number of nitrogens with zero attached hydrogens (tertiary/aromatic N) is 1. The van der Waals surface area contributed by atoms with Crippen LogP contribution in [0.25, 0.3) is 0 Å². The van der Waals surface area contributed by atoms with E-state index in [0.29, 0.717) is 12.1 Å². The van der Waals surface area contributed by atoms with Crippen molar-refractivity contribution >= 4 is 11.8 Å². The fourth-order valence-corrected chi connectivity index (χ4v) is 4.12. The summed E-state index contributed by atoms with van der Waals surface area (Å²) in [5, 5.41) is 2.71. The number of halogens is 1. The second kappa shape index (κ2) is 9.56. The maximum absolute atomic E-state index is 13.7. The Bertz CT molecular complexity index is 1070. The van der Waals surface area contributed by atoms with Gasteiger partial charge in [-0.15, -0.1) is 0 Å². The van der Waals surface area contributed by atoms with Crippen molar-refractivity contribution in [3.05, 3.63) is 107 Å². The maximum atomic E-state index is 13.7. The second-order valence-electron chi connectivity index (χ2n) is 7.72. The van der Waals surface area contributed by atoms with Crippen molar-refractivity contribution in [1.29, 1.82) is 0 Å². The fraction of sp³-hybridized carbons (Fsp3) is 0.231. The third-order valence-corrected chi connectivity index (χ3v) is 5.72. The first kappa shape index (κ1) is 20.8. The van der Waals surface area contributed by atoms with E-state index in [-0.39, 0.29) is 43.1 Å². The predicted octanol–water partition coefficient (Wildman–Crippen LogP) is 4.40. The average Bonchev–Trinajstić information content (AvgIpc) is 2.81. The number of carbonyl (C=O) groups excluding carboxylic acids is 2. The first-order valence-electron chi connectivity index (χ1n) is 10.6. The van der Waals surface area contributed by atoms with E-state index in [1.807, 2.05) is 47.4 Å². The molecule has 2 amide bonds. The lowest BCUT2D eigenvalue weighted by atomic mass is 9.88. The number of nitrogens with one attached hydrogen (secondary N) is 1. The summed E-state index contributed by atoms with van der Waals surface area (Å²) in [5.41, 5.74) is 3.88. The van der Waals surface area contributed by atoms with Gasteiger partial charge in [-0.1, -0.05) is 72.8 Å². The van der Waals surface area contributed by atoms with Crippen LogP contribution in [-0.2, 0) is 22.6 Å². The molecule has 0 aromatic heterocycles. The minimum atomic E-state index is -0.350. The number of benzene rings is 3. The van der Waals surface area contributed by atoms with Crippen LogP contribution in [0, 0.1) is 5.82 Å². The maximum Gasteiger partial charge on any atom is 0.223 e. The summed E-state index contributed by atoms with van der Waals surface area (Å²) in [6.07, 6.45) is 0.992. The van der Waals surface area contributed by atoms with Crippen molar-refractivity contribution in [1.82, 2.24) is 10.2 Å². The lowest BCUT2D eigenvalue weighted by Gasteiger charge is -2.38. The molecule has 1 atom stereocenters. The van der Waals surface area contributed by atoms with Crippen LogP contribution in [0.2, 0.25) is 0 Å². The first-order valence-corrected chi connectivity index (χ1v) is 10.6. The molecule has 0 radical (unpaired) electrons. The lowest BCUT2D eigenvalue weighted by molar-refractivity contribution is -0.135. The number of hydrogen-bond donors (Lipinski definition) is 1. The topological polar surface area (TPSA) is 49.4 Å². The molecule has 0 saturated carbocycles. The Labute approximate surface area is 181 Å². The molecule has 0 unspecified atom stereocenters. The van der Waals surface area contributed by atoms with Crippen LogP contribution in [0.5, 0.6) is 0 Å². The van der Waals surface area contributed by atoms with Gasteiger partial charge in [-0.05, 0) is 29.2 Å². The van der Waals surface area contributed by atoms with Crippen LogP contribution in [0.3, 0.4) is 0 Å². The van der Waals surface area contributed by atoms with Gasteiger partial charge in [0.15, 0.2) is 0 Å². The number of fused-ring (bicyclic) bond motifs is 1. The minimum absolute atomic E-state index is 0.0515. The molecule has 4 rings (SSSR count). The van der Waals surface area contributed by atoms with Crippen LogP contribution in [0.15, 0.2) is 78.9 Å². The van der Waals surface area contributed by atoms with Gasteiger partial charge in [0.1, 0.15) is 5.82 Å². The van der Waals surface area contributed by atoms with E-state index in [1.165, 1.54) is 11.6 Å². The summed E-state index contributed by atoms with van der Waals surface area (Å²) < 4.78 is 13.7. The molecular formula is C26H25FN2O2. The molecule has 3 aromatic rings. The van der Waals surface area contributed by atoms with E-state index in [0.717, 1.165) is 17.5 Å². The zero-order valence-corrected chi connectivity index (χ0v) is 17.3. The molecule has 31 heavy (non-hydrogen) atoms.